The maximum atomic E-state index is 15.3. The number of esters is 2. The summed E-state index contributed by atoms with van der Waals surface area (Å²) in [7, 11) is 1.52. The zero-order valence-electron chi connectivity index (χ0n) is 18.4. The molecule has 32 heavy (non-hydrogen) atoms. The van der Waals surface area contributed by atoms with Gasteiger partial charge in [0.05, 0.1) is 17.2 Å². The number of benzene rings is 2. The molecule has 1 saturated heterocycles. The van der Waals surface area contributed by atoms with E-state index in [1.165, 1.54) is 7.11 Å². The number of carbonyl (C=O) groups is 2. The molecule has 7 heteroatoms. The second kappa shape index (κ2) is 9.00. The second-order valence-electron chi connectivity index (χ2n) is 8.49. The first-order chi connectivity index (χ1) is 15.3. The summed E-state index contributed by atoms with van der Waals surface area (Å²) in [5.41, 5.74) is 1.56. The normalized spacial score (nSPS) is 28.5. The van der Waals surface area contributed by atoms with Gasteiger partial charge in [0.2, 0.25) is 0 Å². The number of hydrogen-bond donors (Lipinski definition) is 0. The lowest BCUT2D eigenvalue weighted by atomic mass is 10.1. The minimum absolute atomic E-state index is 0.264. The lowest BCUT2D eigenvalue weighted by molar-refractivity contribution is -0.0564. The van der Waals surface area contributed by atoms with Crippen molar-refractivity contribution in [3.8, 4) is 0 Å². The number of hydrogen-bond acceptors (Lipinski definition) is 6. The highest BCUT2D eigenvalue weighted by atomic mass is 19.1. The minimum atomic E-state index is -1.55. The lowest BCUT2D eigenvalue weighted by Crippen LogP contribution is -2.38. The van der Waals surface area contributed by atoms with Gasteiger partial charge in [0.15, 0.2) is 12.3 Å². The Kier molecular flexibility index (Phi) is 6.31. The van der Waals surface area contributed by atoms with Crippen LogP contribution in [0.1, 0.15) is 44.7 Å². The van der Waals surface area contributed by atoms with E-state index in [4.69, 9.17) is 18.9 Å². The van der Waals surface area contributed by atoms with E-state index in [0.29, 0.717) is 24.2 Å². The number of methoxy groups -OCH3 is 1. The zero-order valence-corrected chi connectivity index (χ0v) is 18.4. The summed E-state index contributed by atoms with van der Waals surface area (Å²) >= 11 is 0. The third kappa shape index (κ3) is 4.40. The summed E-state index contributed by atoms with van der Waals surface area (Å²) in [6.45, 7) is 4.13. The molecule has 170 valence electrons. The number of alkyl halides is 1. The molecule has 6 nitrogen and oxygen atoms in total. The highest BCUT2D eigenvalue weighted by Crippen LogP contribution is 2.54. The quantitative estimate of drug-likeness (QED) is 0.605. The van der Waals surface area contributed by atoms with Crippen LogP contribution in [0.5, 0.6) is 0 Å². The summed E-state index contributed by atoms with van der Waals surface area (Å²) in [5, 5.41) is 0. The third-order valence-corrected chi connectivity index (χ3v) is 6.05. The molecule has 0 amide bonds. The van der Waals surface area contributed by atoms with Crippen LogP contribution in [0.3, 0.4) is 0 Å². The Balaban J connectivity index is 1.50. The first kappa shape index (κ1) is 22.4. The van der Waals surface area contributed by atoms with Gasteiger partial charge in [-0.2, -0.15) is 0 Å². The molecule has 1 heterocycles. The van der Waals surface area contributed by atoms with Crippen LogP contribution in [0.15, 0.2) is 48.5 Å². The number of aryl methyl sites for hydroxylation is 2. The summed E-state index contributed by atoms with van der Waals surface area (Å²) in [4.78, 5) is 25.3. The topological polar surface area (TPSA) is 71.1 Å². The number of rotatable bonds is 7. The van der Waals surface area contributed by atoms with Gasteiger partial charge in [0.25, 0.3) is 0 Å². The first-order valence-electron chi connectivity index (χ1n) is 10.7. The maximum Gasteiger partial charge on any atom is 0.338 e. The molecular weight excluding hydrogens is 415 g/mol. The molecule has 0 radical (unpaired) electrons. The van der Waals surface area contributed by atoms with Crippen LogP contribution in [0, 0.1) is 13.8 Å². The molecule has 1 saturated carbocycles. The van der Waals surface area contributed by atoms with Gasteiger partial charge >= 0.3 is 11.9 Å². The van der Waals surface area contributed by atoms with Crippen molar-refractivity contribution in [3.05, 3.63) is 70.8 Å². The third-order valence-electron chi connectivity index (χ3n) is 6.05. The van der Waals surface area contributed by atoms with Crippen molar-refractivity contribution in [2.24, 2.45) is 0 Å². The summed E-state index contributed by atoms with van der Waals surface area (Å²) in [6, 6.07) is 13.8. The molecule has 0 bridgehead atoms. The van der Waals surface area contributed by atoms with Crippen LogP contribution in [0.2, 0.25) is 0 Å². The van der Waals surface area contributed by atoms with Crippen LogP contribution in [-0.2, 0) is 18.9 Å². The Morgan fingerprint density at radius 2 is 1.50 bits per heavy atom. The van der Waals surface area contributed by atoms with E-state index < -0.39 is 42.0 Å². The van der Waals surface area contributed by atoms with E-state index in [0.717, 1.165) is 11.1 Å². The Labute approximate surface area is 186 Å². The fourth-order valence-corrected chi connectivity index (χ4v) is 4.05. The van der Waals surface area contributed by atoms with Crippen molar-refractivity contribution in [1.29, 1.82) is 0 Å². The van der Waals surface area contributed by atoms with Crippen molar-refractivity contribution < 1.29 is 32.9 Å². The van der Waals surface area contributed by atoms with Gasteiger partial charge < -0.3 is 18.9 Å². The van der Waals surface area contributed by atoms with Gasteiger partial charge in [-0.1, -0.05) is 35.4 Å². The molecule has 0 aromatic heterocycles. The van der Waals surface area contributed by atoms with Crippen LogP contribution in [-0.4, -0.2) is 55.7 Å². The molecule has 1 aliphatic heterocycles. The summed E-state index contributed by atoms with van der Waals surface area (Å²) in [5.74, 6) is -1.15. The maximum absolute atomic E-state index is 15.3. The zero-order chi connectivity index (χ0) is 22.9. The molecule has 2 aromatic rings. The number of carbonyl (C=O) groups excluding carboxylic acids is 2. The van der Waals surface area contributed by atoms with E-state index in [9.17, 15) is 9.59 Å². The Bertz CT molecular complexity index is 973. The second-order valence-corrected chi connectivity index (χ2v) is 8.49. The van der Waals surface area contributed by atoms with Gasteiger partial charge in [0.1, 0.15) is 11.7 Å². The summed E-state index contributed by atoms with van der Waals surface area (Å²) < 4.78 is 37.6. The largest absolute Gasteiger partial charge is 0.455 e. The molecule has 0 N–H and O–H groups in total. The average Bonchev–Trinajstić information content (AvgIpc) is 3.40. The van der Waals surface area contributed by atoms with Crippen molar-refractivity contribution in [1.82, 2.24) is 0 Å². The molecule has 1 aliphatic carbocycles. The standard InChI is InChI=1S/C25H27FO6/c1-15-4-8-17(9-5-15)23(27)30-20-14-25(20)22(21(26)19(32-25)12-13-29-3)31-24(28)18-10-6-16(2)7-11-18/h4-11,19-22H,12-14H2,1-3H3/t19?,20?,21-,22+,25?/m1/s1. The van der Waals surface area contributed by atoms with Crippen molar-refractivity contribution in [3.63, 3.8) is 0 Å². The minimum Gasteiger partial charge on any atom is -0.455 e. The highest BCUT2D eigenvalue weighted by Gasteiger charge is 2.73. The molecule has 3 unspecified atom stereocenters. The lowest BCUT2D eigenvalue weighted by Gasteiger charge is -2.20. The molecular formula is C25H27FO6. The van der Waals surface area contributed by atoms with E-state index in [1.807, 2.05) is 26.0 Å². The van der Waals surface area contributed by atoms with Gasteiger partial charge in [0, 0.05) is 20.1 Å². The molecule has 2 aliphatic rings. The predicted octanol–water partition coefficient (Wildman–Crippen LogP) is 3.97. The number of halogens is 1. The van der Waals surface area contributed by atoms with Crippen LogP contribution in [0.4, 0.5) is 4.39 Å². The van der Waals surface area contributed by atoms with Crippen LogP contribution >= 0.6 is 0 Å². The molecule has 4 rings (SSSR count). The molecule has 2 fully saturated rings. The molecule has 5 atom stereocenters. The first-order valence-corrected chi connectivity index (χ1v) is 10.7. The van der Waals surface area contributed by atoms with Crippen LogP contribution in [0.25, 0.3) is 0 Å². The Morgan fingerprint density at radius 1 is 0.969 bits per heavy atom. The fraction of sp³-hybridized carbons (Fsp3) is 0.440. The van der Waals surface area contributed by atoms with Crippen molar-refractivity contribution in [2.75, 3.05) is 13.7 Å². The monoisotopic (exact) mass is 442 g/mol. The Morgan fingerprint density at radius 3 is 2.03 bits per heavy atom. The van der Waals surface area contributed by atoms with Gasteiger partial charge in [-0.15, -0.1) is 0 Å². The van der Waals surface area contributed by atoms with Gasteiger partial charge in [-0.25, -0.2) is 14.0 Å². The SMILES string of the molecule is COCCC1OC2(CC2OC(=O)c2ccc(C)cc2)[C@@H](OC(=O)c2ccc(C)cc2)[C@@H]1F. The Hall–Kier alpha value is -2.77. The average molecular weight is 442 g/mol. The van der Waals surface area contributed by atoms with Crippen molar-refractivity contribution in [2.45, 2.75) is 56.8 Å². The van der Waals surface area contributed by atoms with E-state index in [-0.39, 0.29) is 6.42 Å². The molecule has 2 aromatic carbocycles. The van der Waals surface area contributed by atoms with Crippen LogP contribution < -0.4 is 0 Å². The van der Waals surface area contributed by atoms with E-state index in [1.54, 1.807) is 36.4 Å². The molecule has 1 spiro atoms. The number of ether oxygens (including phenoxy) is 4. The van der Waals surface area contributed by atoms with Crippen molar-refractivity contribution >= 4 is 11.9 Å². The highest BCUT2D eigenvalue weighted by molar-refractivity contribution is 5.90. The van der Waals surface area contributed by atoms with Gasteiger partial charge in [-0.05, 0) is 44.5 Å². The summed E-state index contributed by atoms with van der Waals surface area (Å²) in [6.07, 6.45) is -3.67. The van der Waals surface area contributed by atoms with E-state index in [2.05, 4.69) is 0 Å². The fourth-order valence-electron chi connectivity index (χ4n) is 4.05. The smallest absolute Gasteiger partial charge is 0.338 e. The van der Waals surface area contributed by atoms with E-state index >= 15 is 4.39 Å². The predicted molar refractivity (Wildman–Crippen MR) is 114 cm³/mol. The van der Waals surface area contributed by atoms with Gasteiger partial charge in [-0.3, -0.25) is 0 Å².